The van der Waals surface area contributed by atoms with Gasteiger partial charge in [-0.1, -0.05) is 30.3 Å². The zero-order valence-corrected chi connectivity index (χ0v) is 17.8. The van der Waals surface area contributed by atoms with Crippen molar-refractivity contribution >= 4 is 16.8 Å². The van der Waals surface area contributed by atoms with E-state index in [1.54, 1.807) is 0 Å². The van der Waals surface area contributed by atoms with Crippen LogP contribution in [0.15, 0.2) is 48.5 Å². The number of aromatic nitrogens is 1. The summed E-state index contributed by atoms with van der Waals surface area (Å²) in [6.45, 7) is 4.88. The Morgan fingerprint density at radius 1 is 1.06 bits per heavy atom. The van der Waals surface area contributed by atoms with Crippen molar-refractivity contribution < 1.29 is 9.53 Å². The second-order valence-electron chi connectivity index (χ2n) is 9.25. The van der Waals surface area contributed by atoms with Crippen molar-refractivity contribution in [3.8, 4) is 5.75 Å². The Morgan fingerprint density at radius 2 is 1.90 bits per heavy atom. The van der Waals surface area contributed by atoms with Crippen molar-refractivity contribution in [3.05, 3.63) is 65.4 Å². The average molecular weight is 416 g/mol. The number of carbonyl (C=O) groups is 1. The SMILES string of the molecule is O=C(N[C@@H]1CN2CCC1CC2)c1c2n(c3ccc(OCc4ccccc4)cc13)CCC2. The number of fused-ring (bicyclic) bond motifs is 6. The summed E-state index contributed by atoms with van der Waals surface area (Å²) in [6, 6.07) is 16.7. The van der Waals surface area contributed by atoms with Crippen LogP contribution in [0.25, 0.3) is 10.9 Å². The van der Waals surface area contributed by atoms with Gasteiger partial charge in [-0.05, 0) is 68.5 Å². The molecule has 0 unspecified atom stereocenters. The van der Waals surface area contributed by atoms with Crippen molar-refractivity contribution in [2.75, 3.05) is 19.6 Å². The molecule has 5 heteroatoms. The highest BCUT2D eigenvalue weighted by molar-refractivity contribution is 6.09. The minimum Gasteiger partial charge on any atom is -0.489 e. The number of piperidine rings is 3. The first-order chi connectivity index (χ1) is 15.3. The van der Waals surface area contributed by atoms with Gasteiger partial charge >= 0.3 is 0 Å². The molecule has 160 valence electrons. The number of nitrogens with one attached hydrogen (secondary N) is 1. The molecular weight excluding hydrogens is 386 g/mol. The van der Waals surface area contributed by atoms with Crippen molar-refractivity contribution in [1.82, 2.24) is 14.8 Å². The number of nitrogens with zero attached hydrogens (tertiary/aromatic N) is 2. The van der Waals surface area contributed by atoms with E-state index in [9.17, 15) is 4.79 Å². The van der Waals surface area contributed by atoms with Crippen LogP contribution >= 0.6 is 0 Å². The molecule has 3 saturated heterocycles. The van der Waals surface area contributed by atoms with Gasteiger partial charge in [0.25, 0.3) is 5.91 Å². The first kappa shape index (κ1) is 18.9. The number of amides is 1. The van der Waals surface area contributed by atoms with Gasteiger partial charge in [-0.2, -0.15) is 0 Å². The standard InChI is InChI=1S/C26H29N3O2/c30-26(27-22-16-28-13-10-19(22)11-14-28)25-21-15-20(31-17-18-5-2-1-3-6-18)8-9-23(21)29-12-4-7-24(25)29/h1-3,5-6,8-9,15,19,22H,4,7,10-14,16-17H2,(H,27,30)/t22-/m1/s1. The summed E-state index contributed by atoms with van der Waals surface area (Å²) in [6.07, 6.45) is 4.49. The van der Waals surface area contributed by atoms with Gasteiger partial charge in [0.1, 0.15) is 12.4 Å². The molecule has 4 aliphatic rings. The maximum Gasteiger partial charge on any atom is 0.254 e. The molecule has 0 radical (unpaired) electrons. The fourth-order valence-corrected chi connectivity index (χ4v) is 5.76. The van der Waals surface area contributed by atoms with Crippen LogP contribution < -0.4 is 10.1 Å². The van der Waals surface area contributed by atoms with E-state index in [4.69, 9.17) is 4.74 Å². The predicted molar refractivity (Wildman–Crippen MR) is 121 cm³/mol. The smallest absolute Gasteiger partial charge is 0.254 e. The molecule has 1 aromatic heterocycles. The van der Waals surface area contributed by atoms with E-state index in [2.05, 4.69) is 39.0 Å². The van der Waals surface area contributed by atoms with E-state index in [0.717, 1.165) is 53.7 Å². The van der Waals surface area contributed by atoms with Crippen LogP contribution in [0.2, 0.25) is 0 Å². The quantitative estimate of drug-likeness (QED) is 0.685. The van der Waals surface area contributed by atoms with Crippen molar-refractivity contribution in [3.63, 3.8) is 0 Å². The minimum atomic E-state index is 0.0969. The second-order valence-corrected chi connectivity index (χ2v) is 9.25. The van der Waals surface area contributed by atoms with E-state index < -0.39 is 0 Å². The number of carbonyl (C=O) groups excluding carboxylic acids is 1. The van der Waals surface area contributed by atoms with Crippen molar-refractivity contribution in [2.24, 2.45) is 5.92 Å². The van der Waals surface area contributed by atoms with Crippen LogP contribution in [0.5, 0.6) is 5.75 Å². The first-order valence-corrected chi connectivity index (χ1v) is 11.6. The Bertz CT molecular complexity index is 1110. The van der Waals surface area contributed by atoms with Gasteiger partial charge in [-0.3, -0.25) is 4.79 Å². The lowest BCUT2D eigenvalue weighted by Crippen LogP contribution is -2.57. The molecule has 7 rings (SSSR count). The van der Waals surface area contributed by atoms with Crippen molar-refractivity contribution in [1.29, 1.82) is 0 Å². The Hall–Kier alpha value is -2.79. The third-order valence-corrected chi connectivity index (χ3v) is 7.39. The molecule has 2 bridgehead atoms. The Labute approximate surface area is 183 Å². The van der Waals surface area contributed by atoms with Crippen LogP contribution in [0.3, 0.4) is 0 Å². The lowest BCUT2D eigenvalue weighted by Gasteiger charge is -2.44. The summed E-state index contributed by atoms with van der Waals surface area (Å²) in [4.78, 5) is 16.0. The van der Waals surface area contributed by atoms with Gasteiger partial charge in [-0.25, -0.2) is 0 Å². The van der Waals surface area contributed by atoms with Crippen LogP contribution in [-0.2, 0) is 19.6 Å². The van der Waals surface area contributed by atoms with Crippen LogP contribution in [0.1, 0.15) is 40.9 Å². The van der Waals surface area contributed by atoms with Crippen LogP contribution in [0, 0.1) is 5.92 Å². The summed E-state index contributed by atoms with van der Waals surface area (Å²) in [5.74, 6) is 1.54. The molecule has 0 saturated carbocycles. The third kappa shape index (κ3) is 3.41. The van der Waals surface area contributed by atoms with Gasteiger partial charge in [-0.15, -0.1) is 0 Å². The lowest BCUT2D eigenvalue weighted by molar-refractivity contribution is 0.0621. The minimum absolute atomic E-state index is 0.0969. The Morgan fingerprint density at radius 3 is 2.68 bits per heavy atom. The lowest BCUT2D eigenvalue weighted by atomic mass is 9.84. The molecule has 4 aliphatic heterocycles. The number of hydrogen-bond donors (Lipinski definition) is 1. The summed E-state index contributed by atoms with van der Waals surface area (Å²) in [5.41, 5.74) is 4.35. The summed E-state index contributed by atoms with van der Waals surface area (Å²) >= 11 is 0. The molecule has 0 spiro atoms. The zero-order chi connectivity index (χ0) is 20.8. The molecule has 3 aromatic rings. The van der Waals surface area contributed by atoms with Gasteiger partial charge in [0.15, 0.2) is 0 Å². The maximum absolute atomic E-state index is 13.5. The largest absolute Gasteiger partial charge is 0.489 e. The van der Waals surface area contributed by atoms with Gasteiger partial charge < -0.3 is 19.5 Å². The normalized spacial score (nSPS) is 24.3. The van der Waals surface area contributed by atoms with E-state index in [1.165, 1.54) is 31.6 Å². The molecule has 31 heavy (non-hydrogen) atoms. The van der Waals surface area contributed by atoms with Gasteiger partial charge in [0, 0.05) is 35.7 Å². The van der Waals surface area contributed by atoms with E-state index in [-0.39, 0.29) is 11.9 Å². The number of benzene rings is 2. The third-order valence-electron chi connectivity index (χ3n) is 7.39. The molecule has 1 atom stereocenters. The average Bonchev–Trinajstić information content (AvgIpc) is 3.39. The zero-order valence-electron chi connectivity index (χ0n) is 17.8. The Balaban J connectivity index is 1.30. The van der Waals surface area contributed by atoms with Gasteiger partial charge in [0.2, 0.25) is 0 Å². The highest BCUT2D eigenvalue weighted by Crippen LogP contribution is 2.35. The van der Waals surface area contributed by atoms with Crippen LogP contribution in [0.4, 0.5) is 0 Å². The molecule has 5 nitrogen and oxygen atoms in total. The molecule has 2 aromatic carbocycles. The van der Waals surface area contributed by atoms with Crippen molar-refractivity contribution in [2.45, 2.75) is 44.9 Å². The maximum atomic E-state index is 13.5. The fraction of sp³-hybridized carbons (Fsp3) is 0.423. The molecule has 0 aliphatic carbocycles. The number of aryl methyl sites for hydroxylation is 1. The summed E-state index contributed by atoms with van der Waals surface area (Å²) < 4.78 is 8.41. The second kappa shape index (κ2) is 7.72. The Kier molecular flexibility index (Phi) is 4.72. The first-order valence-electron chi connectivity index (χ1n) is 11.6. The molecule has 5 heterocycles. The number of ether oxygens (including phenoxy) is 1. The molecule has 3 fully saturated rings. The highest BCUT2D eigenvalue weighted by Gasteiger charge is 2.36. The van der Waals surface area contributed by atoms with E-state index >= 15 is 0 Å². The summed E-state index contributed by atoms with van der Waals surface area (Å²) in [5, 5.41) is 4.44. The predicted octanol–water partition coefficient (Wildman–Crippen LogP) is 3.99. The number of rotatable bonds is 5. The fourth-order valence-electron chi connectivity index (χ4n) is 5.76. The topological polar surface area (TPSA) is 46.5 Å². The van der Waals surface area contributed by atoms with E-state index in [0.29, 0.717) is 12.5 Å². The van der Waals surface area contributed by atoms with Crippen LogP contribution in [-0.4, -0.2) is 41.1 Å². The van der Waals surface area contributed by atoms with Gasteiger partial charge in [0.05, 0.1) is 5.56 Å². The monoisotopic (exact) mass is 415 g/mol. The van der Waals surface area contributed by atoms with E-state index in [1.807, 2.05) is 24.3 Å². The highest BCUT2D eigenvalue weighted by atomic mass is 16.5. The molecule has 1 amide bonds. The summed E-state index contributed by atoms with van der Waals surface area (Å²) in [7, 11) is 0. The molecule has 1 N–H and O–H groups in total. The molecular formula is C26H29N3O2. The number of hydrogen-bond acceptors (Lipinski definition) is 3.